The van der Waals surface area contributed by atoms with Gasteiger partial charge in [0.2, 0.25) is 5.91 Å². The summed E-state index contributed by atoms with van der Waals surface area (Å²) in [4.78, 5) is 36.0. The van der Waals surface area contributed by atoms with Crippen LogP contribution in [0.25, 0.3) is 10.6 Å². The zero-order valence-corrected chi connectivity index (χ0v) is 14.6. The van der Waals surface area contributed by atoms with Gasteiger partial charge in [-0.1, -0.05) is 6.07 Å². The number of nitrogens with one attached hydrogen (secondary N) is 1. The molecular weight excluding hydrogens is 350 g/mol. The summed E-state index contributed by atoms with van der Waals surface area (Å²) in [5.74, 6) is -1.03. The summed E-state index contributed by atoms with van der Waals surface area (Å²) >= 11 is 2.97. The Morgan fingerprint density at radius 1 is 1.42 bits per heavy atom. The molecule has 0 aliphatic carbocycles. The van der Waals surface area contributed by atoms with Crippen molar-refractivity contribution >= 4 is 35.0 Å². The number of carbonyl (C=O) groups excluding carboxylic acids is 1. The molecule has 0 bridgehead atoms. The lowest BCUT2D eigenvalue weighted by Crippen LogP contribution is -2.44. The molecule has 2 rings (SSSR count). The number of thioether (sulfide) groups is 1. The maximum atomic E-state index is 12.1. The van der Waals surface area contributed by atoms with Crippen LogP contribution >= 0.6 is 23.1 Å². The first-order valence-electron chi connectivity index (χ1n) is 7.14. The summed E-state index contributed by atoms with van der Waals surface area (Å²) in [6.07, 6.45) is 2.18. The minimum atomic E-state index is -1.09. The molecule has 0 radical (unpaired) electrons. The van der Waals surface area contributed by atoms with Crippen LogP contribution in [0.4, 0.5) is 0 Å². The largest absolute Gasteiger partial charge is 0.480 e. The molecule has 24 heavy (non-hydrogen) atoms. The van der Waals surface area contributed by atoms with E-state index in [9.17, 15) is 14.4 Å². The monoisotopic (exact) mass is 367 g/mol. The average Bonchev–Trinajstić information content (AvgIpc) is 3.07. The summed E-state index contributed by atoms with van der Waals surface area (Å²) in [6, 6.07) is 5.71. The van der Waals surface area contributed by atoms with Crippen LogP contribution in [0.5, 0.6) is 0 Å². The number of amides is 1. The lowest BCUT2D eigenvalue weighted by atomic mass is 10.2. The Labute approximate surface area is 146 Å². The van der Waals surface area contributed by atoms with Crippen LogP contribution in [0, 0.1) is 0 Å². The molecule has 9 heteroatoms. The topological polar surface area (TPSA) is 101 Å². The van der Waals surface area contributed by atoms with Crippen molar-refractivity contribution < 1.29 is 14.7 Å². The molecule has 0 fully saturated rings. The predicted molar refractivity (Wildman–Crippen MR) is 94.4 cm³/mol. The van der Waals surface area contributed by atoms with Crippen LogP contribution in [0.15, 0.2) is 34.4 Å². The number of hydrogen-bond acceptors (Lipinski definition) is 6. The minimum absolute atomic E-state index is 0.318. The van der Waals surface area contributed by atoms with E-state index in [1.54, 1.807) is 6.07 Å². The number of aliphatic carboxylic acids is 1. The van der Waals surface area contributed by atoms with E-state index >= 15 is 0 Å². The third-order valence-corrected chi connectivity index (χ3v) is 4.71. The van der Waals surface area contributed by atoms with E-state index in [1.807, 2.05) is 23.8 Å². The Balaban J connectivity index is 2.09. The van der Waals surface area contributed by atoms with Gasteiger partial charge in [-0.2, -0.15) is 16.9 Å². The van der Waals surface area contributed by atoms with Crippen LogP contribution < -0.4 is 10.9 Å². The molecule has 1 atom stereocenters. The van der Waals surface area contributed by atoms with E-state index in [0.29, 0.717) is 17.9 Å². The predicted octanol–water partition coefficient (Wildman–Crippen LogP) is 1.29. The summed E-state index contributed by atoms with van der Waals surface area (Å²) in [5.41, 5.74) is 0.177. The number of thiophene rings is 1. The van der Waals surface area contributed by atoms with E-state index in [1.165, 1.54) is 29.2 Å². The van der Waals surface area contributed by atoms with Crippen LogP contribution in [0.2, 0.25) is 0 Å². The van der Waals surface area contributed by atoms with Crippen molar-refractivity contribution in [3.8, 4) is 10.6 Å². The number of rotatable bonds is 8. The maximum Gasteiger partial charge on any atom is 0.326 e. The third-order valence-electron chi connectivity index (χ3n) is 3.18. The van der Waals surface area contributed by atoms with Crippen molar-refractivity contribution in [2.75, 3.05) is 12.0 Å². The van der Waals surface area contributed by atoms with Gasteiger partial charge in [-0.3, -0.25) is 9.59 Å². The zero-order valence-electron chi connectivity index (χ0n) is 13.0. The van der Waals surface area contributed by atoms with Crippen molar-refractivity contribution in [2.45, 2.75) is 19.0 Å². The lowest BCUT2D eigenvalue weighted by Gasteiger charge is -2.14. The Morgan fingerprint density at radius 2 is 2.21 bits per heavy atom. The van der Waals surface area contributed by atoms with E-state index < -0.39 is 23.5 Å². The Kier molecular flexibility index (Phi) is 6.56. The van der Waals surface area contributed by atoms with Gasteiger partial charge < -0.3 is 10.4 Å². The number of carboxylic acid groups (broad SMARTS) is 1. The SMILES string of the molecule is CSCC[C@@H](NC(=O)Cn1nc(-c2cccs2)ccc1=O)C(=O)O. The Hall–Kier alpha value is -2.13. The molecule has 0 saturated heterocycles. The van der Waals surface area contributed by atoms with Crippen LogP contribution in [-0.2, 0) is 16.1 Å². The van der Waals surface area contributed by atoms with E-state index in [-0.39, 0.29) is 6.54 Å². The first-order chi connectivity index (χ1) is 11.5. The second kappa shape index (κ2) is 8.65. The fourth-order valence-electron chi connectivity index (χ4n) is 1.99. The van der Waals surface area contributed by atoms with Crippen molar-refractivity contribution in [3.63, 3.8) is 0 Å². The molecule has 1 amide bonds. The van der Waals surface area contributed by atoms with Gasteiger partial charge in [-0.05, 0) is 35.9 Å². The number of carboxylic acids is 1. The molecule has 0 spiro atoms. The fourth-order valence-corrected chi connectivity index (χ4v) is 3.15. The average molecular weight is 367 g/mol. The fraction of sp³-hybridized carbons (Fsp3) is 0.333. The highest BCUT2D eigenvalue weighted by atomic mass is 32.2. The highest BCUT2D eigenvalue weighted by Gasteiger charge is 2.20. The zero-order chi connectivity index (χ0) is 17.5. The smallest absolute Gasteiger partial charge is 0.326 e. The Morgan fingerprint density at radius 3 is 2.83 bits per heavy atom. The molecule has 0 unspecified atom stereocenters. The summed E-state index contributed by atoms with van der Waals surface area (Å²) in [5, 5.41) is 17.6. The molecular formula is C15H17N3O4S2. The molecule has 128 valence electrons. The number of aromatic nitrogens is 2. The van der Waals surface area contributed by atoms with Gasteiger partial charge in [0.1, 0.15) is 18.3 Å². The molecule has 0 aliphatic heterocycles. The van der Waals surface area contributed by atoms with Crippen LogP contribution in [0.1, 0.15) is 6.42 Å². The molecule has 7 nitrogen and oxygen atoms in total. The van der Waals surface area contributed by atoms with Crippen LogP contribution in [0.3, 0.4) is 0 Å². The first kappa shape index (κ1) is 18.2. The Bertz CT molecular complexity index is 758. The lowest BCUT2D eigenvalue weighted by molar-refractivity contribution is -0.142. The molecule has 0 aromatic carbocycles. The molecule has 0 saturated carbocycles. The molecule has 0 aliphatic rings. The molecule has 2 heterocycles. The molecule has 2 N–H and O–H groups in total. The van der Waals surface area contributed by atoms with Gasteiger partial charge in [-0.15, -0.1) is 11.3 Å². The second-order valence-electron chi connectivity index (χ2n) is 4.93. The van der Waals surface area contributed by atoms with E-state index in [0.717, 1.165) is 9.56 Å². The van der Waals surface area contributed by atoms with Crippen molar-refractivity contribution in [2.24, 2.45) is 0 Å². The van der Waals surface area contributed by atoms with Gasteiger partial charge >= 0.3 is 5.97 Å². The molecule has 2 aromatic rings. The van der Waals surface area contributed by atoms with Gasteiger partial charge in [0, 0.05) is 6.07 Å². The highest BCUT2D eigenvalue weighted by molar-refractivity contribution is 7.98. The summed E-state index contributed by atoms with van der Waals surface area (Å²) < 4.78 is 1.04. The van der Waals surface area contributed by atoms with Crippen molar-refractivity contribution in [1.29, 1.82) is 0 Å². The van der Waals surface area contributed by atoms with Gasteiger partial charge in [0.05, 0.1) is 4.88 Å². The number of nitrogens with zero attached hydrogens (tertiary/aromatic N) is 2. The quantitative estimate of drug-likeness (QED) is 0.729. The van der Waals surface area contributed by atoms with E-state index in [4.69, 9.17) is 5.11 Å². The van der Waals surface area contributed by atoms with Crippen LogP contribution in [-0.4, -0.2) is 44.8 Å². The van der Waals surface area contributed by atoms with Gasteiger partial charge in [0.25, 0.3) is 5.56 Å². The highest BCUT2D eigenvalue weighted by Crippen LogP contribution is 2.20. The van der Waals surface area contributed by atoms with Crippen molar-refractivity contribution in [3.05, 3.63) is 40.0 Å². The number of hydrogen-bond donors (Lipinski definition) is 2. The standard InChI is InChI=1S/C15H17N3O4S2/c1-23-8-6-11(15(21)22)16-13(19)9-18-14(20)5-4-10(17-18)12-3-2-7-24-12/h2-5,7,11H,6,8-9H2,1H3,(H,16,19)(H,21,22)/t11-/m1/s1. The first-order valence-corrected chi connectivity index (χ1v) is 9.41. The maximum absolute atomic E-state index is 12.1. The molecule has 2 aromatic heterocycles. The third kappa shape index (κ3) is 4.93. The normalized spacial score (nSPS) is 11.9. The minimum Gasteiger partial charge on any atom is -0.480 e. The summed E-state index contributed by atoms with van der Waals surface area (Å²) in [7, 11) is 0. The van der Waals surface area contributed by atoms with E-state index in [2.05, 4.69) is 10.4 Å². The summed E-state index contributed by atoms with van der Waals surface area (Å²) in [6.45, 7) is -0.318. The van der Waals surface area contributed by atoms with Gasteiger partial charge in [-0.25, -0.2) is 9.48 Å². The van der Waals surface area contributed by atoms with Gasteiger partial charge in [0.15, 0.2) is 0 Å². The van der Waals surface area contributed by atoms with Crippen molar-refractivity contribution in [1.82, 2.24) is 15.1 Å². The number of carbonyl (C=O) groups is 2. The second-order valence-corrected chi connectivity index (χ2v) is 6.86.